The van der Waals surface area contributed by atoms with Gasteiger partial charge in [-0.05, 0) is 54.3 Å². The molecular weight excluding hydrogens is 265 g/mol. The van der Waals surface area contributed by atoms with E-state index in [4.69, 9.17) is 4.74 Å². The zero-order chi connectivity index (χ0) is 15.1. The van der Waals surface area contributed by atoms with Crippen molar-refractivity contribution in [1.29, 1.82) is 0 Å². The van der Waals surface area contributed by atoms with Crippen molar-refractivity contribution in [2.75, 3.05) is 11.9 Å². The molecule has 0 saturated carbocycles. The van der Waals surface area contributed by atoms with E-state index in [-0.39, 0.29) is 5.82 Å². The summed E-state index contributed by atoms with van der Waals surface area (Å²) < 4.78 is 18.5. The standard InChI is InChI=1S/C18H22FNO/c1-14(2)11-12-21-18-9-7-17(8-10-18)20-13-15-3-5-16(19)6-4-15/h3-10,14,20H,11-13H2,1-2H3. The third-order valence-electron chi connectivity index (χ3n) is 3.23. The van der Waals surface area contributed by atoms with Crippen LogP contribution < -0.4 is 10.1 Å². The fraction of sp³-hybridized carbons (Fsp3) is 0.333. The molecule has 0 aliphatic carbocycles. The number of benzene rings is 2. The molecule has 0 amide bonds. The lowest BCUT2D eigenvalue weighted by molar-refractivity contribution is 0.289. The lowest BCUT2D eigenvalue weighted by atomic mass is 10.1. The third-order valence-corrected chi connectivity index (χ3v) is 3.23. The van der Waals surface area contributed by atoms with Crippen molar-refractivity contribution < 1.29 is 9.13 Å². The van der Waals surface area contributed by atoms with Crippen molar-refractivity contribution in [3.63, 3.8) is 0 Å². The number of nitrogens with one attached hydrogen (secondary N) is 1. The molecule has 0 bridgehead atoms. The van der Waals surface area contributed by atoms with Crippen LogP contribution in [0.5, 0.6) is 5.75 Å². The molecular formula is C18H22FNO. The highest BCUT2D eigenvalue weighted by Gasteiger charge is 1.98. The molecule has 112 valence electrons. The summed E-state index contributed by atoms with van der Waals surface area (Å²) in [7, 11) is 0. The van der Waals surface area contributed by atoms with E-state index in [0.717, 1.165) is 30.0 Å². The summed E-state index contributed by atoms with van der Waals surface area (Å²) in [6.45, 7) is 5.80. The topological polar surface area (TPSA) is 21.3 Å². The molecule has 0 heterocycles. The summed E-state index contributed by atoms with van der Waals surface area (Å²) >= 11 is 0. The van der Waals surface area contributed by atoms with Crippen molar-refractivity contribution in [3.05, 3.63) is 59.9 Å². The Morgan fingerprint density at radius 2 is 1.67 bits per heavy atom. The number of rotatable bonds is 7. The molecule has 0 radical (unpaired) electrons. The maximum atomic E-state index is 12.8. The Bertz CT molecular complexity index is 534. The third kappa shape index (κ3) is 5.46. The molecule has 0 atom stereocenters. The molecule has 0 spiro atoms. The van der Waals surface area contributed by atoms with Crippen LogP contribution in [0.3, 0.4) is 0 Å². The van der Waals surface area contributed by atoms with Crippen LogP contribution >= 0.6 is 0 Å². The number of ether oxygens (including phenoxy) is 1. The van der Waals surface area contributed by atoms with Gasteiger partial charge in [0.1, 0.15) is 11.6 Å². The fourth-order valence-corrected chi connectivity index (χ4v) is 1.89. The van der Waals surface area contributed by atoms with E-state index in [2.05, 4.69) is 19.2 Å². The minimum Gasteiger partial charge on any atom is -0.494 e. The molecule has 21 heavy (non-hydrogen) atoms. The molecule has 2 nitrogen and oxygen atoms in total. The van der Waals surface area contributed by atoms with Crippen molar-refractivity contribution in [3.8, 4) is 5.75 Å². The molecule has 0 aliphatic rings. The molecule has 2 rings (SSSR count). The van der Waals surface area contributed by atoms with Crippen LogP contribution in [0, 0.1) is 11.7 Å². The van der Waals surface area contributed by atoms with Gasteiger partial charge in [-0.15, -0.1) is 0 Å². The predicted octanol–water partition coefficient (Wildman–Crippen LogP) is 4.86. The normalized spacial score (nSPS) is 10.7. The molecule has 2 aromatic rings. The molecule has 3 heteroatoms. The predicted molar refractivity (Wildman–Crippen MR) is 85.1 cm³/mol. The van der Waals surface area contributed by atoms with Crippen molar-refractivity contribution in [1.82, 2.24) is 0 Å². The average Bonchev–Trinajstić information content (AvgIpc) is 2.48. The molecule has 0 aliphatic heterocycles. The second-order valence-electron chi connectivity index (χ2n) is 5.54. The van der Waals surface area contributed by atoms with E-state index in [0.29, 0.717) is 12.5 Å². The first-order chi connectivity index (χ1) is 10.1. The van der Waals surface area contributed by atoms with Gasteiger partial charge in [-0.2, -0.15) is 0 Å². The summed E-state index contributed by atoms with van der Waals surface area (Å²) in [4.78, 5) is 0. The largest absolute Gasteiger partial charge is 0.494 e. The molecule has 0 saturated heterocycles. The van der Waals surface area contributed by atoms with Crippen LogP contribution in [0.25, 0.3) is 0 Å². The SMILES string of the molecule is CC(C)CCOc1ccc(NCc2ccc(F)cc2)cc1. The Morgan fingerprint density at radius 3 is 2.29 bits per heavy atom. The van der Waals surface area contributed by atoms with Gasteiger partial charge in [-0.3, -0.25) is 0 Å². The van der Waals surface area contributed by atoms with Crippen molar-refractivity contribution >= 4 is 5.69 Å². The first kappa shape index (κ1) is 15.4. The smallest absolute Gasteiger partial charge is 0.123 e. The second-order valence-corrected chi connectivity index (χ2v) is 5.54. The molecule has 0 aromatic heterocycles. The van der Waals surface area contributed by atoms with Crippen LogP contribution in [0.4, 0.5) is 10.1 Å². The molecule has 0 unspecified atom stereocenters. The van der Waals surface area contributed by atoms with Gasteiger partial charge in [0.05, 0.1) is 6.61 Å². The van der Waals surface area contributed by atoms with Gasteiger partial charge in [0.25, 0.3) is 0 Å². The summed E-state index contributed by atoms with van der Waals surface area (Å²) in [5.41, 5.74) is 2.07. The minimum absolute atomic E-state index is 0.207. The number of halogens is 1. The Morgan fingerprint density at radius 1 is 1.00 bits per heavy atom. The van der Waals surface area contributed by atoms with Gasteiger partial charge in [-0.1, -0.05) is 26.0 Å². The number of hydrogen-bond acceptors (Lipinski definition) is 2. The fourth-order valence-electron chi connectivity index (χ4n) is 1.89. The van der Waals surface area contributed by atoms with Crippen LogP contribution in [-0.2, 0) is 6.54 Å². The number of anilines is 1. The monoisotopic (exact) mass is 287 g/mol. The van der Waals surface area contributed by atoms with Gasteiger partial charge in [0.2, 0.25) is 0 Å². The molecule has 2 aromatic carbocycles. The van der Waals surface area contributed by atoms with Gasteiger partial charge in [-0.25, -0.2) is 4.39 Å². The van der Waals surface area contributed by atoms with Crippen molar-refractivity contribution in [2.45, 2.75) is 26.8 Å². The van der Waals surface area contributed by atoms with E-state index in [1.54, 1.807) is 12.1 Å². The summed E-state index contributed by atoms with van der Waals surface area (Å²) in [5, 5.41) is 3.30. The van der Waals surface area contributed by atoms with Gasteiger partial charge >= 0.3 is 0 Å². The van der Waals surface area contributed by atoms with Crippen LogP contribution in [0.2, 0.25) is 0 Å². The Balaban J connectivity index is 1.80. The Hall–Kier alpha value is -2.03. The lowest BCUT2D eigenvalue weighted by Gasteiger charge is -2.10. The molecule has 0 fully saturated rings. The second kappa shape index (κ2) is 7.67. The highest BCUT2D eigenvalue weighted by atomic mass is 19.1. The Kier molecular flexibility index (Phi) is 5.61. The van der Waals surface area contributed by atoms with E-state index in [1.807, 2.05) is 24.3 Å². The average molecular weight is 287 g/mol. The van der Waals surface area contributed by atoms with E-state index in [9.17, 15) is 4.39 Å². The van der Waals surface area contributed by atoms with Gasteiger partial charge < -0.3 is 10.1 Å². The first-order valence-corrected chi connectivity index (χ1v) is 7.34. The molecule has 1 N–H and O–H groups in total. The van der Waals surface area contributed by atoms with E-state index < -0.39 is 0 Å². The maximum Gasteiger partial charge on any atom is 0.123 e. The highest BCUT2D eigenvalue weighted by Crippen LogP contribution is 2.17. The first-order valence-electron chi connectivity index (χ1n) is 7.34. The van der Waals surface area contributed by atoms with Crippen LogP contribution in [0.15, 0.2) is 48.5 Å². The van der Waals surface area contributed by atoms with Crippen molar-refractivity contribution in [2.24, 2.45) is 5.92 Å². The highest BCUT2D eigenvalue weighted by molar-refractivity contribution is 5.46. The van der Waals surface area contributed by atoms with E-state index in [1.165, 1.54) is 12.1 Å². The Labute approximate surface area is 126 Å². The summed E-state index contributed by atoms with van der Waals surface area (Å²) in [6.07, 6.45) is 1.06. The number of hydrogen-bond donors (Lipinski definition) is 1. The van der Waals surface area contributed by atoms with Crippen LogP contribution in [-0.4, -0.2) is 6.61 Å². The van der Waals surface area contributed by atoms with Gasteiger partial charge in [0, 0.05) is 12.2 Å². The maximum absolute atomic E-state index is 12.8. The minimum atomic E-state index is -0.207. The van der Waals surface area contributed by atoms with Gasteiger partial charge in [0.15, 0.2) is 0 Å². The zero-order valence-electron chi connectivity index (χ0n) is 12.6. The van der Waals surface area contributed by atoms with E-state index >= 15 is 0 Å². The van der Waals surface area contributed by atoms with Crippen LogP contribution in [0.1, 0.15) is 25.8 Å². The zero-order valence-corrected chi connectivity index (χ0v) is 12.6. The summed E-state index contributed by atoms with van der Waals surface area (Å²) in [5.74, 6) is 1.34. The lowest BCUT2D eigenvalue weighted by Crippen LogP contribution is -2.02. The quantitative estimate of drug-likeness (QED) is 0.785. The summed E-state index contributed by atoms with van der Waals surface area (Å²) in [6, 6.07) is 14.4.